The maximum atomic E-state index is 11.4. The Morgan fingerprint density at radius 3 is 2.18 bits per heavy atom. The van der Waals surface area contributed by atoms with Gasteiger partial charge in [0.05, 0.1) is 0 Å². The molecule has 0 aliphatic rings. The lowest BCUT2D eigenvalue weighted by atomic mass is 9.92. The zero-order valence-electron chi connectivity index (χ0n) is 8.94. The molecule has 0 aromatic heterocycles. The van der Waals surface area contributed by atoms with Crippen LogP contribution in [0.2, 0.25) is 0 Å². The van der Waals surface area contributed by atoms with Gasteiger partial charge in [-0.1, -0.05) is 64.5 Å². The summed E-state index contributed by atoms with van der Waals surface area (Å²) >= 11 is 9.91. The summed E-state index contributed by atoms with van der Waals surface area (Å²) in [4.78, 5) is 10.3. The summed E-state index contributed by atoms with van der Waals surface area (Å²) in [7, 11) is 0. The molecule has 0 radical (unpaired) electrons. The van der Waals surface area contributed by atoms with E-state index < -0.39 is 4.87 Å². The van der Waals surface area contributed by atoms with Crippen LogP contribution in [0.3, 0.4) is 0 Å². The molecule has 3 heteroatoms. The van der Waals surface area contributed by atoms with Gasteiger partial charge < -0.3 is 4.79 Å². The Balaban J connectivity index is 2.60. The number of rotatable bonds is 3. The van der Waals surface area contributed by atoms with E-state index in [1.165, 1.54) is 0 Å². The summed E-state index contributed by atoms with van der Waals surface area (Å²) in [6.45, 7) is 0. The van der Waals surface area contributed by atoms with Gasteiger partial charge in [-0.05, 0) is 17.2 Å². The average molecular weight is 310 g/mol. The minimum absolute atomic E-state index is 0.753. The van der Waals surface area contributed by atoms with Crippen LogP contribution in [0.5, 0.6) is 0 Å². The molecule has 0 spiro atoms. The Morgan fingerprint density at radius 2 is 1.59 bits per heavy atom. The van der Waals surface area contributed by atoms with Crippen molar-refractivity contribution >= 4 is 33.8 Å². The van der Waals surface area contributed by atoms with Gasteiger partial charge in [-0.15, -0.1) is 11.6 Å². The Labute approximate surface area is 114 Å². The van der Waals surface area contributed by atoms with Crippen LogP contribution in [0.15, 0.2) is 59.1 Å². The first-order valence-electron chi connectivity index (χ1n) is 5.14. The highest BCUT2D eigenvalue weighted by Crippen LogP contribution is 2.38. The molecule has 0 heterocycles. The topological polar surface area (TPSA) is 17.1 Å². The van der Waals surface area contributed by atoms with E-state index in [-0.39, 0.29) is 0 Å². The van der Waals surface area contributed by atoms with Crippen LogP contribution in [0, 0.1) is 0 Å². The molecule has 17 heavy (non-hydrogen) atoms. The molecule has 1 nitrogen and oxygen atoms in total. The van der Waals surface area contributed by atoms with Gasteiger partial charge in [-0.3, -0.25) is 0 Å². The van der Waals surface area contributed by atoms with Crippen LogP contribution >= 0.6 is 27.5 Å². The minimum Gasteiger partial charge on any atom is -0.301 e. The normalized spacial score (nSPS) is 14.0. The highest BCUT2D eigenvalue weighted by molar-refractivity contribution is 9.10. The van der Waals surface area contributed by atoms with Crippen molar-refractivity contribution in [2.24, 2.45) is 0 Å². The maximum absolute atomic E-state index is 11.4. The predicted molar refractivity (Wildman–Crippen MR) is 73.3 cm³/mol. The first kappa shape index (κ1) is 12.3. The average Bonchev–Trinajstić information content (AvgIpc) is 2.39. The molecular formula is C14H10BrClO. The fraction of sp³-hybridized carbons (Fsp3) is 0.0714. The summed E-state index contributed by atoms with van der Waals surface area (Å²) in [6.07, 6.45) is 0.768. The molecule has 0 N–H and O–H groups in total. The zero-order valence-corrected chi connectivity index (χ0v) is 11.3. The zero-order chi connectivity index (χ0) is 12.3. The van der Waals surface area contributed by atoms with Crippen LogP contribution < -0.4 is 0 Å². The molecular weight excluding hydrogens is 300 g/mol. The highest BCUT2D eigenvalue weighted by atomic mass is 79.9. The van der Waals surface area contributed by atoms with Gasteiger partial charge in [0.2, 0.25) is 0 Å². The predicted octanol–water partition coefficient (Wildman–Crippen LogP) is 4.13. The lowest BCUT2D eigenvalue weighted by molar-refractivity contribution is -0.109. The highest BCUT2D eigenvalue weighted by Gasteiger charge is 2.32. The molecule has 0 fully saturated rings. The van der Waals surface area contributed by atoms with Crippen LogP contribution in [0.1, 0.15) is 11.1 Å². The smallest absolute Gasteiger partial charge is 0.151 e. The molecule has 0 aliphatic carbocycles. The van der Waals surface area contributed by atoms with Crippen molar-refractivity contribution in [2.45, 2.75) is 4.87 Å². The molecule has 0 saturated heterocycles. The molecule has 0 bridgehead atoms. The second-order valence-corrected chi connectivity index (χ2v) is 5.13. The third-order valence-electron chi connectivity index (χ3n) is 2.62. The van der Waals surface area contributed by atoms with E-state index in [2.05, 4.69) is 15.9 Å². The third kappa shape index (κ3) is 2.28. The Hall–Kier alpha value is -1.12. The van der Waals surface area contributed by atoms with Gasteiger partial charge in [0.15, 0.2) is 4.87 Å². The van der Waals surface area contributed by atoms with Crippen molar-refractivity contribution < 1.29 is 4.79 Å². The van der Waals surface area contributed by atoms with Crippen LogP contribution in [-0.4, -0.2) is 6.29 Å². The first-order valence-corrected chi connectivity index (χ1v) is 6.31. The standard InChI is InChI=1S/C14H10BrClO/c15-13-9-5-4-8-12(13)14(16,10-17)11-6-2-1-3-7-11/h1-10H. The molecule has 0 aliphatic heterocycles. The Morgan fingerprint density at radius 1 is 1.00 bits per heavy atom. The molecule has 0 amide bonds. The second-order valence-electron chi connectivity index (χ2n) is 3.68. The fourth-order valence-corrected chi connectivity index (χ4v) is 2.73. The van der Waals surface area contributed by atoms with E-state index in [0.29, 0.717) is 0 Å². The van der Waals surface area contributed by atoms with Crippen LogP contribution in [0.4, 0.5) is 0 Å². The number of aldehydes is 1. The maximum Gasteiger partial charge on any atom is 0.151 e. The SMILES string of the molecule is O=CC(Cl)(c1ccccc1)c1ccccc1Br. The summed E-state index contributed by atoms with van der Waals surface area (Å²) in [5, 5.41) is 0. The summed E-state index contributed by atoms with van der Waals surface area (Å²) < 4.78 is 0.825. The van der Waals surface area contributed by atoms with E-state index in [1.807, 2.05) is 54.6 Å². The number of benzene rings is 2. The fourth-order valence-electron chi connectivity index (χ4n) is 1.72. The largest absolute Gasteiger partial charge is 0.301 e. The number of hydrogen-bond donors (Lipinski definition) is 0. The Kier molecular flexibility index (Phi) is 3.65. The monoisotopic (exact) mass is 308 g/mol. The third-order valence-corrected chi connectivity index (χ3v) is 3.82. The van der Waals surface area contributed by atoms with Gasteiger partial charge in [-0.2, -0.15) is 0 Å². The van der Waals surface area contributed by atoms with Gasteiger partial charge in [0, 0.05) is 4.47 Å². The van der Waals surface area contributed by atoms with Gasteiger partial charge in [0.1, 0.15) is 6.29 Å². The number of carbonyl (C=O) groups excluding carboxylic acids is 1. The number of alkyl halides is 1. The van der Waals surface area contributed by atoms with Crippen LogP contribution in [0.25, 0.3) is 0 Å². The van der Waals surface area contributed by atoms with E-state index >= 15 is 0 Å². The molecule has 0 saturated carbocycles. The molecule has 86 valence electrons. The van der Waals surface area contributed by atoms with Gasteiger partial charge >= 0.3 is 0 Å². The number of carbonyl (C=O) groups is 1. The summed E-state index contributed by atoms with van der Waals surface area (Å²) in [6, 6.07) is 16.8. The summed E-state index contributed by atoms with van der Waals surface area (Å²) in [5.74, 6) is 0. The molecule has 1 unspecified atom stereocenters. The second kappa shape index (κ2) is 5.03. The van der Waals surface area contributed by atoms with E-state index in [1.54, 1.807) is 0 Å². The van der Waals surface area contributed by atoms with E-state index in [4.69, 9.17) is 11.6 Å². The van der Waals surface area contributed by atoms with E-state index in [9.17, 15) is 4.79 Å². The summed E-state index contributed by atoms with van der Waals surface area (Å²) in [5.41, 5.74) is 1.52. The van der Waals surface area contributed by atoms with Crippen molar-refractivity contribution in [1.82, 2.24) is 0 Å². The van der Waals surface area contributed by atoms with Crippen LogP contribution in [-0.2, 0) is 9.67 Å². The number of halogens is 2. The van der Waals surface area contributed by atoms with Crippen molar-refractivity contribution in [1.29, 1.82) is 0 Å². The van der Waals surface area contributed by atoms with Crippen molar-refractivity contribution in [3.8, 4) is 0 Å². The minimum atomic E-state index is -1.14. The van der Waals surface area contributed by atoms with Crippen molar-refractivity contribution in [3.05, 3.63) is 70.2 Å². The van der Waals surface area contributed by atoms with Gasteiger partial charge in [0.25, 0.3) is 0 Å². The van der Waals surface area contributed by atoms with Crippen molar-refractivity contribution in [2.75, 3.05) is 0 Å². The lowest BCUT2D eigenvalue weighted by Gasteiger charge is -2.22. The number of hydrogen-bond acceptors (Lipinski definition) is 1. The quantitative estimate of drug-likeness (QED) is 0.615. The Bertz CT molecular complexity index is 527. The molecule has 2 rings (SSSR count). The molecule has 2 aromatic rings. The van der Waals surface area contributed by atoms with Crippen molar-refractivity contribution in [3.63, 3.8) is 0 Å². The first-order chi connectivity index (χ1) is 8.18. The molecule has 1 atom stereocenters. The lowest BCUT2D eigenvalue weighted by Crippen LogP contribution is -2.22. The van der Waals surface area contributed by atoms with Gasteiger partial charge in [-0.25, -0.2) is 0 Å². The molecule has 2 aromatic carbocycles. The van der Waals surface area contributed by atoms with E-state index in [0.717, 1.165) is 21.9 Å².